The van der Waals surface area contributed by atoms with E-state index in [1.807, 2.05) is 48.5 Å². The molecule has 0 saturated heterocycles. The molecular formula is C22H21N3O. The first-order valence-corrected chi connectivity index (χ1v) is 8.45. The highest BCUT2D eigenvalue weighted by Gasteiger charge is 2.07. The lowest BCUT2D eigenvalue weighted by Gasteiger charge is -2.09. The van der Waals surface area contributed by atoms with Crippen molar-refractivity contribution in [1.29, 1.82) is 0 Å². The standard InChI is InChI=1S/C22H21N3O/c1-17-10-11-18(2)25(17)21-14-12-20(13-15-21)22(26)24-23-16-6-9-19-7-4-3-5-8-19/h3-16H,1-2H3,(H,24,26)/b9-6+,23-16-. The lowest BCUT2D eigenvalue weighted by molar-refractivity contribution is 0.0955. The highest BCUT2D eigenvalue weighted by Crippen LogP contribution is 2.16. The first-order valence-electron chi connectivity index (χ1n) is 8.45. The second-order valence-electron chi connectivity index (χ2n) is 5.99. The highest BCUT2D eigenvalue weighted by molar-refractivity contribution is 5.94. The summed E-state index contributed by atoms with van der Waals surface area (Å²) in [5.74, 6) is -0.234. The molecule has 0 aliphatic heterocycles. The summed E-state index contributed by atoms with van der Waals surface area (Å²) >= 11 is 0. The number of hydrazone groups is 1. The van der Waals surface area contributed by atoms with Gasteiger partial charge in [0, 0.05) is 28.9 Å². The summed E-state index contributed by atoms with van der Waals surface area (Å²) < 4.78 is 2.15. The molecule has 0 atom stereocenters. The smallest absolute Gasteiger partial charge is 0.271 e. The third kappa shape index (κ3) is 4.16. The van der Waals surface area contributed by atoms with Gasteiger partial charge in [-0.1, -0.05) is 36.4 Å². The van der Waals surface area contributed by atoms with E-state index in [4.69, 9.17) is 0 Å². The van der Waals surface area contributed by atoms with Crippen LogP contribution in [0.5, 0.6) is 0 Å². The molecule has 1 aromatic heterocycles. The van der Waals surface area contributed by atoms with Crippen LogP contribution in [0.1, 0.15) is 27.3 Å². The minimum Gasteiger partial charge on any atom is -0.319 e. The van der Waals surface area contributed by atoms with Gasteiger partial charge in [0.1, 0.15) is 0 Å². The number of rotatable bonds is 5. The normalized spacial score (nSPS) is 11.3. The van der Waals surface area contributed by atoms with Crippen molar-refractivity contribution in [3.63, 3.8) is 0 Å². The number of amides is 1. The van der Waals surface area contributed by atoms with E-state index in [-0.39, 0.29) is 5.91 Å². The van der Waals surface area contributed by atoms with Gasteiger partial charge in [-0.25, -0.2) is 5.43 Å². The van der Waals surface area contributed by atoms with Crippen LogP contribution in [0.2, 0.25) is 0 Å². The summed E-state index contributed by atoms with van der Waals surface area (Å²) in [4.78, 5) is 12.2. The number of allylic oxidation sites excluding steroid dienone is 1. The summed E-state index contributed by atoms with van der Waals surface area (Å²) in [6.07, 6.45) is 5.27. The van der Waals surface area contributed by atoms with Crippen LogP contribution < -0.4 is 5.43 Å². The molecule has 0 fully saturated rings. The summed E-state index contributed by atoms with van der Waals surface area (Å²) in [6.45, 7) is 4.12. The van der Waals surface area contributed by atoms with Crippen molar-refractivity contribution in [2.75, 3.05) is 0 Å². The van der Waals surface area contributed by atoms with E-state index in [1.54, 1.807) is 24.4 Å². The van der Waals surface area contributed by atoms with Crippen molar-refractivity contribution in [3.05, 3.63) is 95.3 Å². The van der Waals surface area contributed by atoms with Crippen molar-refractivity contribution < 1.29 is 4.79 Å². The van der Waals surface area contributed by atoms with Gasteiger partial charge < -0.3 is 4.57 Å². The maximum Gasteiger partial charge on any atom is 0.271 e. The highest BCUT2D eigenvalue weighted by atomic mass is 16.2. The van der Waals surface area contributed by atoms with Crippen molar-refractivity contribution in [2.45, 2.75) is 13.8 Å². The van der Waals surface area contributed by atoms with E-state index in [2.05, 4.69) is 41.1 Å². The quantitative estimate of drug-likeness (QED) is 0.537. The Balaban J connectivity index is 1.60. The van der Waals surface area contributed by atoms with Crippen LogP contribution in [-0.4, -0.2) is 16.7 Å². The van der Waals surface area contributed by atoms with E-state index < -0.39 is 0 Å². The second kappa shape index (κ2) is 8.12. The van der Waals surface area contributed by atoms with Crippen LogP contribution in [0, 0.1) is 13.8 Å². The molecule has 1 N–H and O–H groups in total. The molecule has 0 unspecified atom stereocenters. The zero-order valence-corrected chi connectivity index (χ0v) is 14.9. The summed E-state index contributed by atoms with van der Waals surface area (Å²) in [5.41, 5.74) is 7.55. The third-order valence-corrected chi connectivity index (χ3v) is 4.07. The van der Waals surface area contributed by atoms with Gasteiger partial charge in [-0.3, -0.25) is 4.79 Å². The van der Waals surface area contributed by atoms with E-state index in [9.17, 15) is 4.79 Å². The van der Waals surface area contributed by atoms with Crippen LogP contribution in [0.3, 0.4) is 0 Å². The zero-order chi connectivity index (χ0) is 18.4. The monoisotopic (exact) mass is 343 g/mol. The predicted molar refractivity (Wildman–Crippen MR) is 107 cm³/mol. The maximum atomic E-state index is 12.2. The lowest BCUT2D eigenvalue weighted by atomic mass is 10.2. The largest absolute Gasteiger partial charge is 0.319 e. The number of nitrogens with one attached hydrogen (secondary N) is 1. The molecule has 0 radical (unpaired) electrons. The molecule has 26 heavy (non-hydrogen) atoms. The molecule has 4 nitrogen and oxygen atoms in total. The molecule has 0 spiro atoms. The fourth-order valence-corrected chi connectivity index (χ4v) is 2.76. The van der Waals surface area contributed by atoms with Crippen LogP contribution in [0.4, 0.5) is 0 Å². The van der Waals surface area contributed by atoms with Crippen LogP contribution in [0.25, 0.3) is 11.8 Å². The van der Waals surface area contributed by atoms with Gasteiger partial charge in [0.15, 0.2) is 0 Å². The van der Waals surface area contributed by atoms with E-state index in [1.165, 1.54) is 0 Å². The Morgan fingerprint density at radius 2 is 1.58 bits per heavy atom. The number of nitrogens with zero attached hydrogens (tertiary/aromatic N) is 2. The first-order chi connectivity index (χ1) is 12.6. The van der Waals surface area contributed by atoms with Crippen molar-refractivity contribution >= 4 is 18.2 Å². The average Bonchev–Trinajstić information content (AvgIpc) is 3.00. The van der Waals surface area contributed by atoms with Crippen LogP contribution >= 0.6 is 0 Å². The van der Waals surface area contributed by atoms with Gasteiger partial charge in [-0.2, -0.15) is 5.10 Å². The molecule has 3 aromatic rings. The summed E-state index contributed by atoms with van der Waals surface area (Å²) in [6, 6.07) is 21.5. The molecule has 2 aromatic carbocycles. The molecule has 0 saturated carbocycles. The summed E-state index contributed by atoms with van der Waals surface area (Å²) in [7, 11) is 0. The Labute approximate surface area is 153 Å². The minimum absolute atomic E-state index is 0.234. The zero-order valence-electron chi connectivity index (χ0n) is 14.9. The van der Waals surface area contributed by atoms with E-state index in [0.717, 1.165) is 22.6 Å². The fraction of sp³-hybridized carbons (Fsp3) is 0.0909. The molecule has 4 heteroatoms. The van der Waals surface area contributed by atoms with Crippen molar-refractivity contribution in [2.24, 2.45) is 5.10 Å². The number of hydrogen-bond donors (Lipinski definition) is 1. The van der Waals surface area contributed by atoms with Crippen LogP contribution in [0.15, 0.2) is 77.9 Å². The SMILES string of the molecule is Cc1ccc(C)n1-c1ccc(C(=O)N/N=C\C=C\c2ccccc2)cc1. The lowest BCUT2D eigenvalue weighted by Crippen LogP contribution is -2.17. The number of hydrogen-bond acceptors (Lipinski definition) is 2. The number of carbonyl (C=O) groups excluding carboxylic acids is 1. The van der Waals surface area contributed by atoms with E-state index >= 15 is 0 Å². The second-order valence-corrected chi connectivity index (χ2v) is 5.99. The molecule has 0 bridgehead atoms. The van der Waals surface area contributed by atoms with Crippen LogP contribution in [-0.2, 0) is 0 Å². The molecule has 0 aliphatic carbocycles. The molecule has 0 aliphatic rings. The van der Waals surface area contributed by atoms with Crippen molar-refractivity contribution in [3.8, 4) is 5.69 Å². The Morgan fingerprint density at radius 1 is 0.923 bits per heavy atom. The van der Waals surface area contributed by atoms with Gasteiger partial charge in [0.25, 0.3) is 5.91 Å². The molecule has 130 valence electrons. The fourth-order valence-electron chi connectivity index (χ4n) is 2.76. The van der Waals surface area contributed by atoms with Crippen molar-refractivity contribution in [1.82, 2.24) is 9.99 Å². The Hall–Kier alpha value is -3.40. The molecular weight excluding hydrogens is 322 g/mol. The first kappa shape index (κ1) is 17.4. The molecule has 1 amide bonds. The Kier molecular flexibility index (Phi) is 5.44. The number of aryl methyl sites for hydroxylation is 2. The van der Waals surface area contributed by atoms with Gasteiger partial charge in [0.05, 0.1) is 0 Å². The predicted octanol–water partition coefficient (Wildman–Crippen LogP) is 4.52. The molecule has 1 heterocycles. The number of carbonyl (C=O) groups is 1. The van der Waals surface area contributed by atoms with Gasteiger partial charge in [-0.05, 0) is 61.9 Å². The maximum absolute atomic E-state index is 12.2. The van der Waals surface area contributed by atoms with Gasteiger partial charge in [0.2, 0.25) is 0 Å². The Morgan fingerprint density at radius 3 is 2.23 bits per heavy atom. The number of aromatic nitrogens is 1. The average molecular weight is 343 g/mol. The summed E-state index contributed by atoms with van der Waals surface area (Å²) in [5, 5.41) is 3.95. The Bertz CT molecular complexity index is 916. The van der Waals surface area contributed by atoms with E-state index in [0.29, 0.717) is 5.56 Å². The van der Waals surface area contributed by atoms with Gasteiger partial charge >= 0.3 is 0 Å². The number of benzene rings is 2. The third-order valence-electron chi connectivity index (χ3n) is 4.07. The minimum atomic E-state index is -0.234. The topological polar surface area (TPSA) is 46.4 Å². The van der Waals surface area contributed by atoms with Gasteiger partial charge in [-0.15, -0.1) is 0 Å². The molecule has 3 rings (SSSR count).